The summed E-state index contributed by atoms with van der Waals surface area (Å²) in [6.07, 6.45) is 1.54. The third-order valence-corrected chi connectivity index (χ3v) is 3.36. The number of aliphatic hydroxyl groups excluding tert-OH is 2. The van der Waals surface area contributed by atoms with E-state index in [1.807, 2.05) is 0 Å². The molecule has 2 heteroatoms. The third kappa shape index (κ3) is 2.23. The van der Waals surface area contributed by atoms with Gasteiger partial charge >= 0.3 is 0 Å². The summed E-state index contributed by atoms with van der Waals surface area (Å²) >= 11 is 0. The predicted octanol–water partition coefficient (Wildman–Crippen LogP) is 1.80. The summed E-state index contributed by atoms with van der Waals surface area (Å²) in [7, 11) is 0. The molecule has 0 spiro atoms. The highest BCUT2D eigenvalue weighted by Crippen LogP contribution is 2.48. The minimum Gasteiger partial charge on any atom is -0.396 e. The van der Waals surface area contributed by atoms with Gasteiger partial charge < -0.3 is 10.2 Å². The summed E-state index contributed by atoms with van der Waals surface area (Å²) in [4.78, 5) is 0. The zero-order chi connectivity index (χ0) is 10.3. The SMILES string of the molecule is CC1(C)CC(O)C(CO)C(C)(C)C1. The van der Waals surface area contributed by atoms with E-state index in [0.29, 0.717) is 0 Å². The Morgan fingerprint density at radius 3 is 2.15 bits per heavy atom. The summed E-state index contributed by atoms with van der Waals surface area (Å²) < 4.78 is 0. The maximum atomic E-state index is 9.88. The van der Waals surface area contributed by atoms with Crippen LogP contribution in [0.5, 0.6) is 0 Å². The van der Waals surface area contributed by atoms with Crippen molar-refractivity contribution in [2.45, 2.75) is 46.6 Å². The van der Waals surface area contributed by atoms with Gasteiger partial charge in [0.2, 0.25) is 0 Å². The maximum absolute atomic E-state index is 9.88. The van der Waals surface area contributed by atoms with Crippen LogP contribution in [0.15, 0.2) is 0 Å². The Balaban J connectivity index is 2.82. The highest BCUT2D eigenvalue weighted by Gasteiger charge is 2.44. The maximum Gasteiger partial charge on any atom is 0.0600 e. The van der Waals surface area contributed by atoms with Gasteiger partial charge in [0, 0.05) is 12.5 Å². The van der Waals surface area contributed by atoms with Gasteiger partial charge in [0.15, 0.2) is 0 Å². The van der Waals surface area contributed by atoms with E-state index < -0.39 is 0 Å². The number of aliphatic hydroxyl groups is 2. The Morgan fingerprint density at radius 1 is 1.23 bits per heavy atom. The predicted molar refractivity (Wildman–Crippen MR) is 53.4 cm³/mol. The average Bonchev–Trinajstić information content (AvgIpc) is 1.79. The molecule has 0 aromatic carbocycles. The van der Waals surface area contributed by atoms with Gasteiger partial charge in [-0.1, -0.05) is 27.7 Å². The van der Waals surface area contributed by atoms with Gasteiger partial charge in [-0.25, -0.2) is 0 Å². The first-order valence-electron chi connectivity index (χ1n) is 5.07. The summed E-state index contributed by atoms with van der Waals surface area (Å²) in [5, 5.41) is 19.1. The molecule has 0 saturated heterocycles. The second-order valence-electron chi connectivity index (χ2n) is 5.89. The van der Waals surface area contributed by atoms with Crippen molar-refractivity contribution in [1.29, 1.82) is 0 Å². The van der Waals surface area contributed by atoms with E-state index in [1.165, 1.54) is 0 Å². The van der Waals surface area contributed by atoms with Gasteiger partial charge in [-0.05, 0) is 23.7 Å². The van der Waals surface area contributed by atoms with Gasteiger partial charge in [0.1, 0.15) is 0 Å². The van der Waals surface area contributed by atoms with E-state index >= 15 is 0 Å². The Morgan fingerprint density at radius 2 is 1.77 bits per heavy atom. The number of rotatable bonds is 1. The van der Waals surface area contributed by atoms with E-state index in [2.05, 4.69) is 27.7 Å². The molecule has 2 N–H and O–H groups in total. The fourth-order valence-corrected chi connectivity index (χ4v) is 3.03. The molecule has 2 atom stereocenters. The largest absolute Gasteiger partial charge is 0.396 e. The van der Waals surface area contributed by atoms with Crippen LogP contribution in [0.25, 0.3) is 0 Å². The lowest BCUT2D eigenvalue weighted by Crippen LogP contribution is -2.46. The van der Waals surface area contributed by atoms with Crippen molar-refractivity contribution in [3.05, 3.63) is 0 Å². The van der Waals surface area contributed by atoms with E-state index in [1.54, 1.807) is 0 Å². The second kappa shape index (κ2) is 3.25. The molecule has 13 heavy (non-hydrogen) atoms. The molecule has 1 rings (SSSR count). The average molecular weight is 186 g/mol. The molecule has 1 aliphatic carbocycles. The lowest BCUT2D eigenvalue weighted by Gasteiger charge is -2.48. The first-order valence-corrected chi connectivity index (χ1v) is 5.07. The normalized spacial score (nSPS) is 37.4. The molecule has 0 heterocycles. The lowest BCUT2D eigenvalue weighted by atomic mass is 9.59. The molecule has 1 fully saturated rings. The number of hydrogen-bond donors (Lipinski definition) is 2. The van der Waals surface area contributed by atoms with Gasteiger partial charge in [-0.15, -0.1) is 0 Å². The van der Waals surface area contributed by atoms with E-state index in [0.717, 1.165) is 12.8 Å². The van der Waals surface area contributed by atoms with Crippen LogP contribution >= 0.6 is 0 Å². The summed E-state index contributed by atoms with van der Waals surface area (Å²) in [5.41, 5.74) is 0.254. The van der Waals surface area contributed by atoms with Crippen molar-refractivity contribution in [3.8, 4) is 0 Å². The summed E-state index contributed by atoms with van der Waals surface area (Å²) in [6.45, 7) is 8.75. The molecule has 2 unspecified atom stereocenters. The first-order chi connectivity index (χ1) is 5.78. The van der Waals surface area contributed by atoms with Crippen molar-refractivity contribution >= 4 is 0 Å². The monoisotopic (exact) mass is 186 g/mol. The smallest absolute Gasteiger partial charge is 0.0600 e. The van der Waals surface area contributed by atoms with Crippen molar-refractivity contribution < 1.29 is 10.2 Å². The van der Waals surface area contributed by atoms with E-state index in [-0.39, 0.29) is 29.5 Å². The van der Waals surface area contributed by atoms with Gasteiger partial charge in [-0.3, -0.25) is 0 Å². The van der Waals surface area contributed by atoms with Gasteiger partial charge in [0.05, 0.1) is 6.10 Å². The Hall–Kier alpha value is -0.0800. The van der Waals surface area contributed by atoms with Crippen LogP contribution in [0.2, 0.25) is 0 Å². The highest BCUT2D eigenvalue weighted by atomic mass is 16.3. The topological polar surface area (TPSA) is 40.5 Å². The molecule has 2 nitrogen and oxygen atoms in total. The standard InChI is InChI=1S/C11H22O2/c1-10(2)5-9(13)8(6-12)11(3,4)7-10/h8-9,12-13H,5-7H2,1-4H3. The zero-order valence-electron chi connectivity index (χ0n) is 9.17. The fraction of sp³-hybridized carbons (Fsp3) is 1.00. The van der Waals surface area contributed by atoms with E-state index in [9.17, 15) is 10.2 Å². The van der Waals surface area contributed by atoms with Crippen LogP contribution in [0.4, 0.5) is 0 Å². The van der Waals surface area contributed by atoms with Crippen LogP contribution in [-0.2, 0) is 0 Å². The van der Waals surface area contributed by atoms with Crippen molar-refractivity contribution in [2.75, 3.05) is 6.61 Å². The Kier molecular flexibility index (Phi) is 2.75. The molecule has 78 valence electrons. The van der Waals surface area contributed by atoms with Crippen molar-refractivity contribution in [3.63, 3.8) is 0 Å². The van der Waals surface area contributed by atoms with Gasteiger partial charge in [-0.2, -0.15) is 0 Å². The molecule has 1 saturated carbocycles. The van der Waals surface area contributed by atoms with E-state index in [4.69, 9.17) is 0 Å². The second-order valence-corrected chi connectivity index (χ2v) is 5.89. The molecular formula is C11H22O2. The fourth-order valence-electron chi connectivity index (χ4n) is 3.03. The Bertz CT molecular complexity index is 185. The van der Waals surface area contributed by atoms with Gasteiger partial charge in [0.25, 0.3) is 0 Å². The molecule has 0 aromatic rings. The molecule has 0 bridgehead atoms. The zero-order valence-corrected chi connectivity index (χ0v) is 9.17. The number of hydrogen-bond acceptors (Lipinski definition) is 2. The minimum atomic E-state index is -0.344. The van der Waals surface area contributed by atoms with Crippen LogP contribution < -0.4 is 0 Å². The Labute approximate surface area is 81.0 Å². The highest BCUT2D eigenvalue weighted by molar-refractivity contribution is 4.94. The molecular weight excluding hydrogens is 164 g/mol. The quantitative estimate of drug-likeness (QED) is 0.655. The first kappa shape index (κ1) is 11.0. The summed E-state index contributed by atoms with van der Waals surface area (Å²) in [6, 6.07) is 0. The third-order valence-electron chi connectivity index (χ3n) is 3.36. The molecule has 0 aliphatic heterocycles. The summed E-state index contributed by atoms with van der Waals surface area (Å²) in [5.74, 6) is 0.0422. The van der Waals surface area contributed by atoms with Crippen molar-refractivity contribution in [1.82, 2.24) is 0 Å². The van der Waals surface area contributed by atoms with Crippen molar-refractivity contribution in [2.24, 2.45) is 16.7 Å². The van der Waals surface area contributed by atoms with Crippen LogP contribution in [0.1, 0.15) is 40.5 Å². The molecule has 0 aromatic heterocycles. The van der Waals surface area contributed by atoms with Crippen LogP contribution in [0, 0.1) is 16.7 Å². The lowest BCUT2D eigenvalue weighted by molar-refractivity contribution is -0.0811. The molecule has 0 radical (unpaired) electrons. The van der Waals surface area contributed by atoms with Crippen LogP contribution in [0.3, 0.4) is 0 Å². The molecule has 1 aliphatic rings. The minimum absolute atomic E-state index is 0.0422. The molecule has 0 amide bonds. The van der Waals surface area contributed by atoms with Crippen LogP contribution in [-0.4, -0.2) is 22.9 Å².